The zero-order valence-electron chi connectivity index (χ0n) is 14.3. The molecule has 1 saturated heterocycles. The number of likely N-dealkylation sites (tertiary alicyclic amines) is 1. The lowest BCUT2D eigenvalue weighted by Crippen LogP contribution is -2.33. The van der Waals surface area contributed by atoms with Crippen molar-refractivity contribution in [3.05, 3.63) is 41.8 Å². The van der Waals surface area contributed by atoms with Crippen LogP contribution in [-0.2, 0) is 11.8 Å². The Kier molecular flexibility index (Phi) is 3.76. The number of oxazole rings is 1. The van der Waals surface area contributed by atoms with Crippen LogP contribution in [0.5, 0.6) is 0 Å². The quantitative estimate of drug-likeness (QED) is 0.723. The average Bonchev–Trinajstić information content (AvgIpc) is 3.29. The van der Waals surface area contributed by atoms with Crippen LogP contribution in [0.1, 0.15) is 34.5 Å². The number of nitrogens with zero attached hydrogens (tertiary/aromatic N) is 5. The molecule has 130 valence electrons. The highest BCUT2D eigenvalue weighted by Gasteiger charge is 2.39. The molecule has 1 aromatic carbocycles. The molecular formula is C17H19N5O3. The smallest absolute Gasteiger partial charge is 0.256 e. The molecule has 0 spiro atoms. The van der Waals surface area contributed by atoms with Crippen LogP contribution in [-0.4, -0.2) is 50.3 Å². The van der Waals surface area contributed by atoms with Crippen molar-refractivity contribution in [2.24, 2.45) is 7.05 Å². The fraction of sp³-hybridized carbons (Fsp3) is 0.412. The molecule has 3 heterocycles. The minimum absolute atomic E-state index is 0.0381. The molecule has 3 aromatic rings. The molecule has 4 rings (SSSR count). The molecule has 0 radical (unpaired) electrons. The standard InChI is InChI=1S/C17H19N5O3/c1-10-19-15-12(5-4-6-14(15)25-10)17(23)22-8-11(24-3)7-13(22)16-20-18-9-21(16)2/h4-6,9,11,13H,7-8H2,1-3H3/t11-,13+/m1/s1. The van der Waals surface area contributed by atoms with Crippen molar-refractivity contribution in [2.45, 2.75) is 25.5 Å². The van der Waals surface area contributed by atoms with Crippen molar-refractivity contribution < 1.29 is 13.9 Å². The van der Waals surface area contributed by atoms with E-state index < -0.39 is 0 Å². The molecule has 2 atom stereocenters. The van der Waals surface area contributed by atoms with Gasteiger partial charge < -0.3 is 18.6 Å². The lowest BCUT2D eigenvalue weighted by molar-refractivity contribution is 0.0684. The van der Waals surface area contributed by atoms with Gasteiger partial charge in [-0.25, -0.2) is 4.98 Å². The molecule has 0 unspecified atom stereocenters. The van der Waals surface area contributed by atoms with Crippen LogP contribution in [0.25, 0.3) is 11.1 Å². The SMILES string of the molecule is CO[C@@H]1C[C@@H](c2nncn2C)N(C(=O)c2cccc3oc(C)nc23)C1. The van der Waals surface area contributed by atoms with Gasteiger partial charge in [0.1, 0.15) is 11.8 Å². The molecule has 0 saturated carbocycles. The van der Waals surface area contributed by atoms with E-state index in [2.05, 4.69) is 15.2 Å². The molecule has 1 fully saturated rings. The Morgan fingerprint density at radius 1 is 1.40 bits per heavy atom. The summed E-state index contributed by atoms with van der Waals surface area (Å²) in [6, 6.07) is 5.21. The van der Waals surface area contributed by atoms with E-state index in [1.54, 1.807) is 37.4 Å². The van der Waals surface area contributed by atoms with Gasteiger partial charge in [0.15, 0.2) is 17.3 Å². The summed E-state index contributed by atoms with van der Waals surface area (Å²) in [5.74, 6) is 1.18. The maximum Gasteiger partial charge on any atom is 0.256 e. The van der Waals surface area contributed by atoms with E-state index in [1.165, 1.54) is 0 Å². The van der Waals surface area contributed by atoms with E-state index in [4.69, 9.17) is 9.15 Å². The molecule has 1 aliphatic heterocycles. The number of amides is 1. The van der Waals surface area contributed by atoms with E-state index in [-0.39, 0.29) is 18.1 Å². The number of ether oxygens (including phenoxy) is 1. The number of methoxy groups -OCH3 is 1. The first-order chi connectivity index (χ1) is 12.1. The Hall–Kier alpha value is -2.74. The Bertz CT molecular complexity index is 931. The maximum atomic E-state index is 13.3. The number of carbonyl (C=O) groups is 1. The third kappa shape index (κ3) is 2.58. The molecule has 1 amide bonds. The number of aryl methyl sites for hydroxylation is 2. The molecular weight excluding hydrogens is 322 g/mol. The lowest BCUT2D eigenvalue weighted by Gasteiger charge is -2.23. The number of hydrogen-bond acceptors (Lipinski definition) is 6. The highest BCUT2D eigenvalue weighted by atomic mass is 16.5. The first kappa shape index (κ1) is 15.8. The molecule has 25 heavy (non-hydrogen) atoms. The third-order valence-electron chi connectivity index (χ3n) is 4.66. The predicted octanol–water partition coefficient (Wildman–Crippen LogP) is 1.87. The maximum absolute atomic E-state index is 13.3. The fourth-order valence-electron chi connectivity index (χ4n) is 3.42. The number of rotatable bonds is 3. The average molecular weight is 341 g/mol. The van der Waals surface area contributed by atoms with Gasteiger partial charge in [-0.1, -0.05) is 6.07 Å². The largest absolute Gasteiger partial charge is 0.441 e. The minimum Gasteiger partial charge on any atom is -0.441 e. The third-order valence-corrected chi connectivity index (χ3v) is 4.66. The van der Waals surface area contributed by atoms with Crippen LogP contribution in [0.3, 0.4) is 0 Å². The van der Waals surface area contributed by atoms with Gasteiger partial charge in [0.25, 0.3) is 5.91 Å². The summed E-state index contributed by atoms with van der Waals surface area (Å²) in [6.45, 7) is 2.27. The first-order valence-electron chi connectivity index (χ1n) is 8.12. The number of fused-ring (bicyclic) bond motifs is 1. The van der Waals surface area contributed by atoms with Crippen molar-refractivity contribution in [1.82, 2.24) is 24.6 Å². The van der Waals surface area contributed by atoms with Crippen LogP contribution >= 0.6 is 0 Å². The number of benzene rings is 1. The summed E-state index contributed by atoms with van der Waals surface area (Å²) in [7, 11) is 3.54. The highest BCUT2D eigenvalue weighted by molar-refractivity contribution is 6.04. The van der Waals surface area contributed by atoms with Crippen LogP contribution in [0.2, 0.25) is 0 Å². The lowest BCUT2D eigenvalue weighted by atomic mass is 10.1. The van der Waals surface area contributed by atoms with Gasteiger partial charge in [0, 0.05) is 34.0 Å². The summed E-state index contributed by atoms with van der Waals surface area (Å²) in [5, 5.41) is 8.13. The van der Waals surface area contributed by atoms with Gasteiger partial charge in [0.05, 0.1) is 17.7 Å². The number of carbonyl (C=O) groups excluding carboxylic acids is 1. The van der Waals surface area contributed by atoms with E-state index in [0.29, 0.717) is 35.5 Å². The van der Waals surface area contributed by atoms with Gasteiger partial charge >= 0.3 is 0 Å². The molecule has 0 N–H and O–H groups in total. The van der Waals surface area contributed by atoms with E-state index >= 15 is 0 Å². The van der Waals surface area contributed by atoms with Gasteiger partial charge in [-0.2, -0.15) is 0 Å². The van der Waals surface area contributed by atoms with Crippen molar-refractivity contribution >= 4 is 17.0 Å². The predicted molar refractivity (Wildman–Crippen MR) is 88.9 cm³/mol. The van der Waals surface area contributed by atoms with Crippen LogP contribution < -0.4 is 0 Å². The Morgan fingerprint density at radius 3 is 2.96 bits per heavy atom. The molecule has 0 bridgehead atoms. The number of hydrogen-bond donors (Lipinski definition) is 0. The summed E-state index contributed by atoms with van der Waals surface area (Å²) < 4.78 is 12.9. The Balaban J connectivity index is 1.75. The molecule has 2 aromatic heterocycles. The monoisotopic (exact) mass is 341 g/mol. The van der Waals surface area contributed by atoms with Gasteiger partial charge in [-0.15, -0.1) is 10.2 Å². The highest BCUT2D eigenvalue weighted by Crippen LogP contribution is 2.34. The molecule has 8 nitrogen and oxygen atoms in total. The van der Waals surface area contributed by atoms with Crippen molar-refractivity contribution in [3.8, 4) is 0 Å². The van der Waals surface area contributed by atoms with Gasteiger partial charge in [0.2, 0.25) is 0 Å². The summed E-state index contributed by atoms with van der Waals surface area (Å²) in [4.78, 5) is 19.4. The van der Waals surface area contributed by atoms with Crippen molar-refractivity contribution in [3.63, 3.8) is 0 Å². The van der Waals surface area contributed by atoms with Crippen LogP contribution in [0, 0.1) is 6.92 Å². The van der Waals surface area contributed by atoms with Crippen LogP contribution in [0.15, 0.2) is 28.9 Å². The zero-order chi connectivity index (χ0) is 17.6. The summed E-state index contributed by atoms with van der Waals surface area (Å²) in [5.41, 5.74) is 1.72. The van der Waals surface area contributed by atoms with Gasteiger partial charge in [-0.05, 0) is 12.1 Å². The first-order valence-corrected chi connectivity index (χ1v) is 8.12. The van der Waals surface area contributed by atoms with Crippen LogP contribution in [0.4, 0.5) is 0 Å². The zero-order valence-corrected chi connectivity index (χ0v) is 14.3. The van der Waals surface area contributed by atoms with E-state index in [0.717, 1.165) is 5.82 Å². The van der Waals surface area contributed by atoms with E-state index in [1.807, 2.05) is 17.7 Å². The fourth-order valence-corrected chi connectivity index (χ4v) is 3.42. The van der Waals surface area contributed by atoms with E-state index in [9.17, 15) is 4.79 Å². The topological polar surface area (TPSA) is 86.3 Å². The number of aromatic nitrogens is 4. The minimum atomic E-state index is -0.187. The number of para-hydroxylation sites is 1. The second kappa shape index (κ2) is 5.96. The molecule has 8 heteroatoms. The molecule has 1 aliphatic rings. The van der Waals surface area contributed by atoms with Crippen molar-refractivity contribution in [2.75, 3.05) is 13.7 Å². The second-order valence-electron chi connectivity index (χ2n) is 6.25. The Labute approximate surface area is 144 Å². The Morgan fingerprint density at radius 2 is 2.24 bits per heavy atom. The van der Waals surface area contributed by atoms with Gasteiger partial charge in [-0.3, -0.25) is 4.79 Å². The summed E-state index contributed by atoms with van der Waals surface area (Å²) in [6.07, 6.45) is 2.28. The second-order valence-corrected chi connectivity index (χ2v) is 6.25. The normalized spacial score (nSPS) is 20.5. The molecule has 0 aliphatic carbocycles. The summed E-state index contributed by atoms with van der Waals surface area (Å²) >= 11 is 0. The van der Waals surface area contributed by atoms with Crippen molar-refractivity contribution in [1.29, 1.82) is 0 Å².